The van der Waals surface area contributed by atoms with E-state index < -0.39 is 5.54 Å². The maximum atomic E-state index is 11.6. The molecule has 0 spiro atoms. The van der Waals surface area contributed by atoms with Crippen molar-refractivity contribution in [3.05, 3.63) is 28.2 Å². The summed E-state index contributed by atoms with van der Waals surface area (Å²) >= 11 is 13.0. The van der Waals surface area contributed by atoms with Gasteiger partial charge in [0.1, 0.15) is 6.29 Å². The third-order valence-electron chi connectivity index (χ3n) is 6.40. The number of carbonyl (C=O) groups excluding carboxylic acids is 2. The molecule has 5 atom stereocenters. The van der Waals surface area contributed by atoms with Crippen LogP contribution in [0.15, 0.2) is 23.1 Å². The first-order chi connectivity index (χ1) is 14.4. The van der Waals surface area contributed by atoms with Gasteiger partial charge in [0.25, 0.3) is 0 Å². The van der Waals surface area contributed by atoms with E-state index in [4.69, 9.17) is 28.9 Å². The van der Waals surface area contributed by atoms with Crippen molar-refractivity contribution in [3.8, 4) is 0 Å². The molecule has 1 aromatic rings. The number of rotatable bonds is 6. The summed E-state index contributed by atoms with van der Waals surface area (Å²) in [5.41, 5.74) is 4.74. The number of aldehydes is 1. The molecule has 4 N–H and O–H groups in total. The first kappa shape index (κ1) is 26.5. The van der Waals surface area contributed by atoms with Crippen LogP contribution in [0.25, 0.3) is 0 Å². The van der Waals surface area contributed by atoms with Crippen LogP contribution in [-0.4, -0.2) is 30.8 Å². The Balaban J connectivity index is 0.000000221. The fourth-order valence-corrected chi connectivity index (χ4v) is 6.46. The molecule has 2 bridgehead atoms. The average molecular weight is 489 g/mol. The number of carbonyl (C=O) groups is 2. The van der Waals surface area contributed by atoms with Gasteiger partial charge >= 0.3 is 0 Å². The van der Waals surface area contributed by atoms with E-state index in [1.807, 2.05) is 7.05 Å². The van der Waals surface area contributed by atoms with Gasteiger partial charge in [0.2, 0.25) is 5.91 Å². The van der Waals surface area contributed by atoms with Gasteiger partial charge < -0.3 is 15.8 Å². The highest BCUT2D eigenvalue weighted by Crippen LogP contribution is 2.50. The molecule has 2 aliphatic carbocycles. The molecule has 5 unspecified atom stereocenters. The predicted octanol–water partition coefficient (Wildman–Crippen LogP) is 5.09. The Kier molecular flexibility index (Phi) is 9.29. The molecule has 8 heteroatoms. The van der Waals surface area contributed by atoms with Crippen molar-refractivity contribution in [1.29, 1.82) is 0 Å². The third-order valence-corrected chi connectivity index (χ3v) is 7.94. The molecular formula is C23H35Cl2N3O2S. The number of hydrogen-bond donors (Lipinski definition) is 3. The van der Waals surface area contributed by atoms with Gasteiger partial charge in [-0.15, -0.1) is 0 Å². The Hall–Kier alpha value is -0.790. The lowest BCUT2D eigenvalue weighted by Crippen LogP contribution is -2.52. The Morgan fingerprint density at radius 1 is 1.23 bits per heavy atom. The first-order valence-corrected chi connectivity index (χ1v) is 12.3. The zero-order chi connectivity index (χ0) is 23.4. The molecule has 3 rings (SSSR count). The van der Waals surface area contributed by atoms with Crippen molar-refractivity contribution in [2.24, 2.45) is 28.9 Å². The Morgan fingerprint density at radius 2 is 1.84 bits per heavy atom. The second-order valence-corrected chi connectivity index (χ2v) is 11.6. The van der Waals surface area contributed by atoms with E-state index >= 15 is 0 Å². The summed E-state index contributed by atoms with van der Waals surface area (Å²) in [5.74, 6) is 1.96. The number of nitrogens with two attached hydrogens (primary N) is 1. The lowest BCUT2D eigenvalue weighted by atomic mass is 9.57. The molecule has 1 amide bonds. The van der Waals surface area contributed by atoms with Crippen LogP contribution in [-0.2, 0) is 9.59 Å². The van der Waals surface area contributed by atoms with Crippen molar-refractivity contribution in [1.82, 2.24) is 10.0 Å². The molecular weight excluding hydrogens is 453 g/mol. The van der Waals surface area contributed by atoms with E-state index in [-0.39, 0.29) is 11.3 Å². The quantitative estimate of drug-likeness (QED) is 0.384. The van der Waals surface area contributed by atoms with Crippen molar-refractivity contribution >= 4 is 47.3 Å². The summed E-state index contributed by atoms with van der Waals surface area (Å²) in [6.07, 6.45) is 5.34. The second kappa shape index (κ2) is 10.9. The normalized spacial score (nSPS) is 30.2. The molecule has 0 saturated heterocycles. The lowest BCUT2D eigenvalue weighted by molar-refractivity contribution is -0.132. The summed E-state index contributed by atoms with van der Waals surface area (Å²) in [7, 11) is 2.04. The molecule has 2 aliphatic rings. The smallest absolute Gasteiger partial charge is 0.223 e. The zero-order valence-electron chi connectivity index (χ0n) is 19.0. The maximum Gasteiger partial charge on any atom is 0.223 e. The van der Waals surface area contributed by atoms with Gasteiger partial charge in [-0.05, 0) is 94.5 Å². The standard InChI is InChI=1S/C13H24N2O.C10H11Cl2NOS/c1-8-4-9-5-10(11(8)15-3)7-13(2,6-9)12(14)16;1-10(2,6-14)13-15-9-4-7(11)3-8(12)5-9/h8-11,15H,4-7H2,1-3H3,(H2,14,16);3-6,13H,1-2H3. The van der Waals surface area contributed by atoms with Crippen molar-refractivity contribution < 1.29 is 9.59 Å². The van der Waals surface area contributed by atoms with Crippen LogP contribution >= 0.6 is 35.1 Å². The topological polar surface area (TPSA) is 84.2 Å². The summed E-state index contributed by atoms with van der Waals surface area (Å²) < 4.78 is 3.01. The number of primary amides is 1. The van der Waals surface area contributed by atoms with Crippen LogP contribution in [0, 0.1) is 23.2 Å². The Bertz CT molecular complexity index is 770. The van der Waals surface area contributed by atoms with E-state index in [1.54, 1.807) is 32.0 Å². The summed E-state index contributed by atoms with van der Waals surface area (Å²) in [6.45, 7) is 7.96. The first-order valence-electron chi connectivity index (χ1n) is 10.7. The highest BCUT2D eigenvalue weighted by molar-refractivity contribution is 7.97. The molecule has 31 heavy (non-hydrogen) atoms. The molecule has 0 aromatic heterocycles. The molecule has 1 aromatic carbocycles. The van der Waals surface area contributed by atoms with Crippen molar-refractivity contribution in [2.45, 2.75) is 69.9 Å². The number of amides is 1. The van der Waals surface area contributed by atoms with E-state index in [0.29, 0.717) is 27.9 Å². The second-order valence-electron chi connectivity index (χ2n) is 9.87. The van der Waals surface area contributed by atoms with Gasteiger partial charge in [0.05, 0.1) is 5.54 Å². The number of fused-ring (bicyclic) bond motifs is 2. The molecule has 0 heterocycles. The van der Waals surface area contributed by atoms with Crippen LogP contribution < -0.4 is 15.8 Å². The van der Waals surface area contributed by atoms with E-state index in [1.165, 1.54) is 24.8 Å². The number of nitrogens with one attached hydrogen (secondary N) is 2. The van der Waals surface area contributed by atoms with Gasteiger partial charge in [-0.25, -0.2) is 4.72 Å². The third kappa shape index (κ3) is 7.36. The van der Waals surface area contributed by atoms with Gasteiger partial charge in [-0.3, -0.25) is 4.79 Å². The molecule has 2 saturated carbocycles. The van der Waals surface area contributed by atoms with Crippen LogP contribution in [0.4, 0.5) is 0 Å². The highest BCUT2D eigenvalue weighted by Gasteiger charge is 2.47. The average Bonchev–Trinajstić information content (AvgIpc) is 2.66. The molecule has 5 nitrogen and oxygen atoms in total. The van der Waals surface area contributed by atoms with E-state index in [0.717, 1.165) is 29.9 Å². The monoisotopic (exact) mass is 487 g/mol. The van der Waals surface area contributed by atoms with Crippen LogP contribution in [0.3, 0.4) is 0 Å². The summed E-state index contributed by atoms with van der Waals surface area (Å²) in [5, 5.41) is 4.59. The largest absolute Gasteiger partial charge is 0.369 e. The van der Waals surface area contributed by atoms with Gasteiger partial charge in [0, 0.05) is 26.4 Å². The van der Waals surface area contributed by atoms with Crippen molar-refractivity contribution in [3.63, 3.8) is 0 Å². The summed E-state index contributed by atoms with van der Waals surface area (Å²) in [4.78, 5) is 23.1. The minimum Gasteiger partial charge on any atom is -0.369 e. The fourth-order valence-electron chi connectivity index (χ4n) is 5.01. The van der Waals surface area contributed by atoms with E-state index in [2.05, 4.69) is 23.9 Å². The Morgan fingerprint density at radius 3 is 2.35 bits per heavy atom. The van der Waals surface area contributed by atoms with E-state index in [9.17, 15) is 9.59 Å². The fraction of sp³-hybridized carbons (Fsp3) is 0.652. The zero-order valence-corrected chi connectivity index (χ0v) is 21.3. The molecule has 0 aliphatic heterocycles. The maximum absolute atomic E-state index is 11.6. The minimum absolute atomic E-state index is 0.105. The van der Waals surface area contributed by atoms with Crippen LogP contribution in [0.5, 0.6) is 0 Å². The van der Waals surface area contributed by atoms with Gasteiger partial charge in [-0.1, -0.05) is 37.0 Å². The predicted molar refractivity (Wildman–Crippen MR) is 130 cm³/mol. The van der Waals surface area contributed by atoms with Gasteiger partial charge in [0.15, 0.2) is 0 Å². The Labute approximate surface area is 200 Å². The SMILES string of the molecule is CC(C)(C=O)NSc1cc(Cl)cc(Cl)c1.CNC1C(C)CC2CC1CC(C)(C(N)=O)C2. The molecule has 0 radical (unpaired) electrons. The van der Waals surface area contributed by atoms with Gasteiger partial charge in [-0.2, -0.15) is 0 Å². The molecule has 174 valence electrons. The lowest BCUT2D eigenvalue weighted by Gasteiger charge is -2.49. The minimum atomic E-state index is -0.570. The number of halogens is 2. The molecule has 2 fully saturated rings. The van der Waals surface area contributed by atoms with Crippen LogP contribution in [0.1, 0.15) is 53.4 Å². The highest BCUT2D eigenvalue weighted by atomic mass is 35.5. The van der Waals surface area contributed by atoms with Crippen LogP contribution in [0.2, 0.25) is 10.0 Å². The number of benzene rings is 1. The number of hydrogen-bond acceptors (Lipinski definition) is 5. The summed E-state index contributed by atoms with van der Waals surface area (Å²) in [6, 6.07) is 5.80. The van der Waals surface area contributed by atoms with Crippen molar-refractivity contribution in [2.75, 3.05) is 7.05 Å².